The Morgan fingerprint density at radius 1 is 0.815 bits per heavy atom. The molecular weight excluding hydrogens is 336 g/mol. The normalized spacial score (nSPS) is 10.6. The van der Waals surface area contributed by atoms with Gasteiger partial charge in [-0.15, -0.1) is 0 Å². The summed E-state index contributed by atoms with van der Waals surface area (Å²) in [6.07, 6.45) is 0.926. The lowest BCUT2D eigenvalue weighted by molar-refractivity contribution is -0.134. The van der Waals surface area contributed by atoms with E-state index in [2.05, 4.69) is 13.8 Å². The lowest BCUT2D eigenvalue weighted by Gasteiger charge is -2.09. The van der Waals surface area contributed by atoms with Gasteiger partial charge in [0.2, 0.25) is 0 Å². The highest BCUT2D eigenvalue weighted by atomic mass is 16.5. The molecule has 0 fully saturated rings. The molecule has 3 heteroatoms. The van der Waals surface area contributed by atoms with Crippen LogP contribution in [0.4, 0.5) is 0 Å². The second-order valence-electron chi connectivity index (χ2n) is 6.76. The van der Waals surface area contributed by atoms with Gasteiger partial charge in [-0.1, -0.05) is 56.3 Å². The van der Waals surface area contributed by atoms with Crippen molar-refractivity contribution in [3.8, 4) is 17.2 Å². The van der Waals surface area contributed by atoms with E-state index < -0.39 is 0 Å². The molecule has 0 unspecified atom stereocenters. The van der Waals surface area contributed by atoms with Crippen LogP contribution in [0.1, 0.15) is 37.3 Å². The van der Waals surface area contributed by atoms with Crippen molar-refractivity contribution in [2.24, 2.45) is 0 Å². The van der Waals surface area contributed by atoms with Crippen molar-refractivity contribution < 1.29 is 14.3 Å². The van der Waals surface area contributed by atoms with Gasteiger partial charge in [0.1, 0.15) is 17.2 Å². The van der Waals surface area contributed by atoms with E-state index in [9.17, 15) is 4.79 Å². The largest absolute Gasteiger partial charge is 0.457 e. The van der Waals surface area contributed by atoms with Crippen molar-refractivity contribution in [2.45, 2.75) is 32.6 Å². The molecule has 27 heavy (non-hydrogen) atoms. The minimum Gasteiger partial charge on any atom is -0.457 e. The predicted octanol–water partition coefficient (Wildman–Crippen LogP) is 6.14. The molecular formula is C24H24O3. The quantitative estimate of drug-likeness (QED) is 0.375. The summed E-state index contributed by atoms with van der Waals surface area (Å²) in [6.45, 7) is 4.27. The molecule has 3 rings (SSSR count). The van der Waals surface area contributed by atoms with Gasteiger partial charge in [-0.3, -0.25) is 4.79 Å². The maximum atomic E-state index is 12.1. The van der Waals surface area contributed by atoms with E-state index in [0.29, 0.717) is 24.5 Å². The van der Waals surface area contributed by atoms with Crippen molar-refractivity contribution in [3.05, 3.63) is 90.0 Å². The molecule has 0 heterocycles. The van der Waals surface area contributed by atoms with Crippen LogP contribution in [-0.4, -0.2) is 5.97 Å². The number of aryl methyl sites for hydroxylation is 1. The van der Waals surface area contributed by atoms with Crippen LogP contribution in [0.3, 0.4) is 0 Å². The molecule has 3 nitrogen and oxygen atoms in total. The Labute approximate surface area is 160 Å². The van der Waals surface area contributed by atoms with Crippen LogP contribution in [0.5, 0.6) is 17.2 Å². The van der Waals surface area contributed by atoms with E-state index in [-0.39, 0.29) is 5.97 Å². The molecule has 0 saturated carbocycles. The molecule has 138 valence electrons. The first-order chi connectivity index (χ1) is 13.1. The zero-order chi connectivity index (χ0) is 19.1. The average molecular weight is 360 g/mol. The Bertz CT molecular complexity index is 868. The van der Waals surface area contributed by atoms with Crippen LogP contribution >= 0.6 is 0 Å². The lowest BCUT2D eigenvalue weighted by Crippen LogP contribution is -2.09. The van der Waals surface area contributed by atoms with Gasteiger partial charge < -0.3 is 9.47 Å². The number of hydrogen-bond acceptors (Lipinski definition) is 3. The Balaban J connectivity index is 1.53. The Hall–Kier alpha value is -3.07. The third-order valence-electron chi connectivity index (χ3n) is 4.27. The lowest BCUT2D eigenvalue weighted by atomic mass is 10.0. The Kier molecular flexibility index (Phi) is 6.26. The van der Waals surface area contributed by atoms with Gasteiger partial charge in [0.25, 0.3) is 0 Å². The van der Waals surface area contributed by atoms with Crippen LogP contribution in [0, 0.1) is 0 Å². The molecule has 0 N–H and O–H groups in total. The molecule has 0 atom stereocenters. The number of rotatable bonds is 7. The molecule has 3 aromatic carbocycles. The number of para-hydroxylation sites is 1. The molecule has 0 saturated heterocycles. The molecule has 0 bridgehead atoms. The highest BCUT2D eigenvalue weighted by molar-refractivity contribution is 5.72. The minimum atomic E-state index is -0.235. The summed E-state index contributed by atoms with van der Waals surface area (Å²) >= 11 is 0. The van der Waals surface area contributed by atoms with Crippen molar-refractivity contribution in [3.63, 3.8) is 0 Å². The molecule has 0 aliphatic rings. The fourth-order valence-electron chi connectivity index (χ4n) is 2.74. The van der Waals surface area contributed by atoms with Crippen LogP contribution < -0.4 is 9.47 Å². The monoisotopic (exact) mass is 360 g/mol. The van der Waals surface area contributed by atoms with Gasteiger partial charge in [-0.05, 0) is 59.9 Å². The van der Waals surface area contributed by atoms with Gasteiger partial charge in [0, 0.05) is 6.42 Å². The van der Waals surface area contributed by atoms with E-state index in [1.54, 1.807) is 0 Å². The van der Waals surface area contributed by atoms with E-state index in [0.717, 1.165) is 17.1 Å². The smallest absolute Gasteiger partial charge is 0.311 e. The standard InChI is InChI=1S/C24H24O3/c1-18(2)20-12-14-22(15-13-20)27-24(25)16-11-19-7-6-10-23(17-19)26-21-8-4-3-5-9-21/h3-10,12-15,17-18H,11,16H2,1-2H3. The summed E-state index contributed by atoms with van der Waals surface area (Å²) in [6, 6.07) is 25.1. The number of carbonyl (C=O) groups is 1. The molecule has 0 amide bonds. The van der Waals surface area contributed by atoms with Crippen LogP contribution in [0.25, 0.3) is 0 Å². The van der Waals surface area contributed by atoms with Crippen molar-refractivity contribution in [1.29, 1.82) is 0 Å². The van der Waals surface area contributed by atoms with Gasteiger partial charge in [-0.25, -0.2) is 0 Å². The fraction of sp³-hybridized carbons (Fsp3) is 0.208. The highest BCUT2D eigenvalue weighted by Crippen LogP contribution is 2.23. The third kappa shape index (κ3) is 5.71. The number of benzene rings is 3. The van der Waals surface area contributed by atoms with Gasteiger partial charge in [-0.2, -0.15) is 0 Å². The molecule has 3 aromatic rings. The number of ether oxygens (including phenoxy) is 2. The first-order valence-electron chi connectivity index (χ1n) is 9.22. The molecule has 0 aliphatic carbocycles. The predicted molar refractivity (Wildman–Crippen MR) is 107 cm³/mol. The van der Waals surface area contributed by atoms with Crippen LogP contribution in [0.15, 0.2) is 78.9 Å². The second-order valence-corrected chi connectivity index (χ2v) is 6.76. The average Bonchev–Trinajstić information content (AvgIpc) is 2.68. The summed E-state index contributed by atoms with van der Waals surface area (Å²) in [7, 11) is 0. The Morgan fingerprint density at radius 2 is 1.52 bits per heavy atom. The maximum Gasteiger partial charge on any atom is 0.311 e. The topological polar surface area (TPSA) is 35.5 Å². The van der Waals surface area contributed by atoms with Gasteiger partial charge >= 0.3 is 5.97 Å². The van der Waals surface area contributed by atoms with Gasteiger partial charge in [0.15, 0.2) is 0 Å². The molecule has 0 aliphatic heterocycles. The van der Waals surface area contributed by atoms with E-state index in [1.807, 2.05) is 78.9 Å². The zero-order valence-electron chi connectivity index (χ0n) is 15.7. The van der Waals surface area contributed by atoms with E-state index >= 15 is 0 Å². The number of hydrogen-bond donors (Lipinski definition) is 0. The maximum absolute atomic E-state index is 12.1. The summed E-state index contributed by atoms with van der Waals surface area (Å²) in [4.78, 5) is 12.1. The highest BCUT2D eigenvalue weighted by Gasteiger charge is 2.07. The molecule has 0 spiro atoms. The number of carbonyl (C=O) groups excluding carboxylic acids is 1. The molecule has 0 aromatic heterocycles. The van der Waals surface area contributed by atoms with E-state index in [1.165, 1.54) is 5.56 Å². The zero-order valence-corrected chi connectivity index (χ0v) is 15.7. The summed E-state index contributed by atoms with van der Waals surface area (Å²) in [5, 5.41) is 0. The summed E-state index contributed by atoms with van der Waals surface area (Å²) in [5.41, 5.74) is 2.26. The minimum absolute atomic E-state index is 0.235. The first-order valence-corrected chi connectivity index (χ1v) is 9.22. The van der Waals surface area contributed by atoms with Crippen molar-refractivity contribution in [1.82, 2.24) is 0 Å². The molecule has 0 radical (unpaired) electrons. The fourth-order valence-corrected chi connectivity index (χ4v) is 2.74. The summed E-state index contributed by atoms with van der Waals surface area (Å²) < 4.78 is 11.3. The SMILES string of the molecule is CC(C)c1ccc(OC(=O)CCc2cccc(Oc3ccccc3)c2)cc1. The van der Waals surface area contributed by atoms with Crippen LogP contribution in [-0.2, 0) is 11.2 Å². The van der Waals surface area contributed by atoms with Crippen molar-refractivity contribution >= 4 is 5.97 Å². The summed E-state index contributed by atoms with van der Waals surface area (Å²) in [5.74, 6) is 2.36. The van der Waals surface area contributed by atoms with Crippen molar-refractivity contribution in [2.75, 3.05) is 0 Å². The first kappa shape index (κ1) is 18.7. The van der Waals surface area contributed by atoms with E-state index in [4.69, 9.17) is 9.47 Å². The third-order valence-corrected chi connectivity index (χ3v) is 4.27. The van der Waals surface area contributed by atoms with Crippen LogP contribution in [0.2, 0.25) is 0 Å². The van der Waals surface area contributed by atoms with Gasteiger partial charge in [0.05, 0.1) is 0 Å². The second kappa shape index (κ2) is 9.04. The number of esters is 1. The Morgan fingerprint density at radius 3 is 2.22 bits per heavy atom.